The van der Waals surface area contributed by atoms with Gasteiger partial charge in [0, 0.05) is 50.5 Å². The molecule has 0 aliphatic heterocycles. The normalized spacial score (nSPS) is 12.3. The first kappa shape index (κ1) is 39.7. The number of nitrogens with zero attached hydrogens (tertiary/aromatic N) is 1. The average Bonchev–Trinajstić information content (AvgIpc) is 3.65. The van der Waals surface area contributed by atoms with Crippen LogP contribution in [0.4, 0.5) is 0 Å². The van der Waals surface area contributed by atoms with Crippen LogP contribution in [0.5, 0.6) is 0 Å². The standard InChI is InChI=1S/C56H45NO2P2/c58-60(49-21-5-1-6-22-49,50-23-7-2-8-24-50)39-17-19-44-33-35-47(36-34-44)48-42-45(20-18-40-61(59,51-25-9-3-10-26-51)52-27-11-4-12-28-52)41-46(43-48)37-38-57-55-31-15-13-29-53(55)54-30-14-16-32-56(54)57/h1-38,41-43H,39-40H2/b19-17+,20-18+,38-37+. The fourth-order valence-corrected chi connectivity index (χ4v) is 13.0. The molecular weight excluding hydrogens is 781 g/mol. The molecule has 0 aliphatic carbocycles. The summed E-state index contributed by atoms with van der Waals surface area (Å²) in [5.41, 5.74) is 7.58. The Morgan fingerprint density at radius 1 is 0.361 bits per heavy atom. The average molecular weight is 826 g/mol. The number of fused-ring (bicyclic) bond motifs is 3. The molecular formula is C56H45NO2P2. The molecule has 296 valence electrons. The fraction of sp³-hybridized carbons (Fsp3) is 0.0357. The molecule has 9 rings (SSSR count). The predicted octanol–water partition coefficient (Wildman–Crippen LogP) is 13.1. The van der Waals surface area contributed by atoms with Crippen molar-refractivity contribution in [1.29, 1.82) is 0 Å². The molecule has 0 aliphatic rings. The third-order valence-electron chi connectivity index (χ3n) is 11.3. The molecule has 3 nitrogen and oxygen atoms in total. The first-order valence-corrected chi connectivity index (χ1v) is 24.4. The minimum Gasteiger partial charge on any atom is -0.316 e. The highest BCUT2D eigenvalue weighted by molar-refractivity contribution is 7.79. The van der Waals surface area contributed by atoms with E-state index in [4.69, 9.17) is 0 Å². The Balaban J connectivity index is 1.05. The van der Waals surface area contributed by atoms with Crippen molar-refractivity contribution in [2.24, 2.45) is 0 Å². The molecule has 0 bridgehead atoms. The van der Waals surface area contributed by atoms with Crippen LogP contribution in [-0.2, 0) is 9.13 Å². The smallest absolute Gasteiger partial charge is 0.146 e. The second-order valence-electron chi connectivity index (χ2n) is 15.2. The van der Waals surface area contributed by atoms with Crippen LogP contribution in [0.25, 0.3) is 57.4 Å². The van der Waals surface area contributed by atoms with Gasteiger partial charge in [-0.25, -0.2) is 0 Å². The molecule has 0 N–H and O–H groups in total. The summed E-state index contributed by atoms with van der Waals surface area (Å²) in [5.74, 6) is 0. The van der Waals surface area contributed by atoms with Gasteiger partial charge in [-0.05, 0) is 64.2 Å². The molecule has 0 atom stereocenters. The van der Waals surface area contributed by atoms with Gasteiger partial charge in [0.15, 0.2) is 0 Å². The molecule has 0 saturated heterocycles. The minimum absolute atomic E-state index is 0.403. The van der Waals surface area contributed by atoms with E-state index in [2.05, 4.69) is 126 Å². The van der Waals surface area contributed by atoms with Crippen molar-refractivity contribution in [3.05, 3.63) is 241 Å². The van der Waals surface area contributed by atoms with Gasteiger partial charge in [-0.1, -0.05) is 206 Å². The molecule has 9 aromatic rings. The number of rotatable bonds is 13. The number of aromatic nitrogens is 1. The summed E-state index contributed by atoms with van der Waals surface area (Å²) in [6.07, 6.45) is 13.5. The van der Waals surface area contributed by atoms with E-state index in [9.17, 15) is 9.13 Å². The molecule has 1 aromatic heterocycles. The third kappa shape index (κ3) is 8.50. The van der Waals surface area contributed by atoms with Crippen molar-refractivity contribution >= 4 is 81.7 Å². The summed E-state index contributed by atoms with van der Waals surface area (Å²) in [7, 11) is -5.78. The van der Waals surface area contributed by atoms with Crippen molar-refractivity contribution in [3.63, 3.8) is 0 Å². The lowest BCUT2D eigenvalue weighted by Crippen LogP contribution is -2.17. The zero-order valence-corrected chi connectivity index (χ0v) is 35.5. The molecule has 0 saturated carbocycles. The molecule has 0 amide bonds. The SMILES string of the molecule is O=P(C/C=C/c1ccc(-c2cc(/C=C/CP(=O)(c3ccccc3)c3ccccc3)cc(/C=C/n3c4ccccc4c4ccccc43)c2)cc1)(c1ccccc1)c1ccccc1. The Morgan fingerprint density at radius 2 is 0.738 bits per heavy atom. The maximum atomic E-state index is 14.8. The van der Waals surface area contributed by atoms with Gasteiger partial charge < -0.3 is 13.7 Å². The van der Waals surface area contributed by atoms with E-state index in [-0.39, 0.29) is 0 Å². The molecule has 1 heterocycles. The number of benzene rings is 8. The first-order chi connectivity index (χ1) is 30.0. The zero-order valence-electron chi connectivity index (χ0n) is 33.7. The summed E-state index contributed by atoms with van der Waals surface area (Å²) in [6, 6.07) is 71.5. The van der Waals surface area contributed by atoms with Gasteiger partial charge in [-0.2, -0.15) is 0 Å². The Kier molecular flexibility index (Phi) is 11.6. The van der Waals surface area contributed by atoms with Crippen LogP contribution in [0.1, 0.15) is 16.7 Å². The Hall–Kier alpha value is -6.76. The summed E-state index contributed by atoms with van der Waals surface area (Å²) >= 11 is 0. The second kappa shape index (κ2) is 17.8. The quantitative estimate of drug-likeness (QED) is 0.109. The molecule has 0 spiro atoms. The van der Waals surface area contributed by atoms with Crippen molar-refractivity contribution in [3.8, 4) is 11.1 Å². The number of hydrogen-bond acceptors (Lipinski definition) is 2. The highest BCUT2D eigenvalue weighted by atomic mass is 31.2. The van der Waals surface area contributed by atoms with Gasteiger partial charge in [0.1, 0.15) is 14.3 Å². The van der Waals surface area contributed by atoms with Gasteiger partial charge in [0.2, 0.25) is 0 Å². The molecule has 5 heteroatoms. The van der Waals surface area contributed by atoms with Crippen LogP contribution in [0, 0.1) is 0 Å². The van der Waals surface area contributed by atoms with Crippen molar-refractivity contribution in [2.75, 3.05) is 12.3 Å². The lowest BCUT2D eigenvalue weighted by atomic mass is 9.98. The maximum Gasteiger partial charge on any atom is 0.146 e. The van der Waals surface area contributed by atoms with Crippen LogP contribution in [0.3, 0.4) is 0 Å². The number of hydrogen-bond donors (Lipinski definition) is 0. The largest absolute Gasteiger partial charge is 0.316 e. The summed E-state index contributed by atoms with van der Waals surface area (Å²) < 4.78 is 31.7. The monoisotopic (exact) mass is 825 g/mol. The minimum atomic E-state index is -2.92. The lowest BCUT2D eigenvalue weighted by Gasteiger charge is -2.17. The molecule has 8 aromatic carbocycles. The molecule has 0 radical (unpaired) electrons. The van der Waals surface area contributed by atoms with E-state index >= 15 is 0 Å². The van der Waals surface area contributed by atoms with Crippen LogP contribution in [0.15, 0.2) is 224 Å². The van der Waals surface area contributed by atoms with Gasteiger partial charge in [-0.3, -0.25) is 0 Å². The summed E-state index contributed by atoms with van der Waals surface area (Å²) in [5, 5.41) is 5.87. The van der Waals surface area contributed by atoms with Gasteiger partial charge in [0.05, 0.1) is 11.0 Å². The second-order valence-corrected chi connectivity index (χ2v) is 21.0. The molecule has 61 heavy (non-hydrogen) atoms. The van der Waals surface area contributed by atoms with E-state index in [0.717, 1.165) is 60.1 Å². The van der Waals surface area contributed by atoms with Crippen LogP contribution < -0.4 is 21.2 Å². The van der Waals surface area contributed by atoms with Crippen molar-refractivity contribution < 1.29 is 9.13 Å². The van der Waals surface area contributed by atoms with E-state index in [1.54, 1.807) is 0 Å². The number of para-hydroxylation sites is 2. The van der Waals surface area contributed by atoms with Crippen molar-refractivity contribution in [1.82, 2.24) is 4.57 Å². The Morgan fingerprint density at radius 3 is 1.18 bits per heavy atom. The Bertz CT molecular complexity index is 2970. The maximum absolute atomic E-state index is 14.8. The first-order valence-electron chi connectivity index (χ1n) is 20.6. The topological polar surface area (TPSA) is 39.1 Å². The van der Waals surface area contributed by atoms with Gasteiger partial charge in [0.25, 0.3) is 0 Å². The Labute approximate surface area is 358 Å². The van der Waals surface area contributed by atoms with Gasteiger partial charge in [-0.15, -0.1) is 0 Å². The highest BCUT2D eigenvalue weighted by Crippen LogP contribution is 2.44. The summed E-state index contributed by atoms with van der Waals surface area (Å²) in [4.78, 5) is 0. The predicted molar refractivity (Wildman–Crippen MR) is 264 cm³/mol. The van der Waals surface area contributed by atoms with Crippen molar-refractivity contribution in [2.45, 2.75) is 0 Å². The van der Waals surface area contributed by atoms with E-state index < -0.39 is 14.3 Å². The zero-order chi connectivity index (χ0) is 41.5. The van der Waals surface area contributed by atoms with E-state index in [1.165, 1.54) is 10.8 Å². The van der Waals surface area contributed by atoms with E-state index in [0.29, 0.717) is 12.3 Å². The van der Waals surface area contributed by atoms with Crippen LogP contribution >= 0.6 is 14.3 Å². The fourth-order valence-electron chi connectivity index (χ4n) is 8.17. The third-order valence-corrected chi connectivity index (χ3v) is 17.3. The lowest BCUT2D eigenvalue weighted by molar-refractivity contribution is 0.588. The van der Waals surface area contributed by atoms with Crippen LogP contribution in [-0.4, -0.2) is 16.9 Å². The highest BCUT2D eigenvalue weighted by Gasteiger charge is 2.26. The number of allylic oxidation sites excluding steroid dienone is 2. The molecule has 0 unspecified atom stereocenters. The van der Waals surface area contributed by atoms with Crippen LogP contribution in [0.2, 0.25) is 0 Å². The summed E-state index contributed by atoms with van der Waals surface area (Å²) in [6.45, 7) is 0. The van der Waals surface area contributed by atoms with Gasteiger partial charge >= 0.3 is 0 Å². The molecule has 0 fully saturated rings. The van der Waals surface area contributed by atoms with E-state index in [1.807, 2.05) is 127 Å².